The Morgan fingerprint density at radius 3 is 2.67 bits per heavy atom. The maximum absolute atomic E-state index is 12.7. The predicted octanol–water partition coefficient (Wildman–Crippen LogP) is 2.72. The Morgan fingerprint density at radius 1 is 1.11 bits per heavy atom. The molecule has 138 valence electrons. The smallest absolute Gasteiger partial charge is 0.360 e. The molecule has 0 aliphatic carbocycles. The molecule has 1 aromatic carbocycles. The van der Waals surface area contributed by atoms with Gasteiger partial charge in [-0.15, -0.1) is 0 Å². The number of imidazole rings is 1. The summed E-state index contributed by atoms with van der Waals surface area (Å²) in [6.45, 7) is 3.27. The van der Waals surface area contributed by atoms with Crippen molar-refractivity contribution in [3.8, 4) is 0 Å². The quantitative estimate of drug-likeness (QED) is 0.676. The van der Waals surface area contributed by atoms with Crippen LogP contribution in [0.2, 0.25) is 0 Å². The molecular weight excluding hydrogens is 348 g/mol. The Balaban J connectivity index is 1.96. The van der Waals surface area contributed by atoms with E-state index in [0.717, 1.165) is 0 Å². The first-order valence-electron chi connectivity index (χ1n) is 8.32. The third-order valence-corrected chi connectivity index (χ3v) is 3.68. The average molecular weight is 366 g/mol. The first-order valence-corrected chi connectivity index (χ1v) is 8.32. The molecule has 8 heteroatoms. The van der Waals surface area contributed by atoms with Crippen LogP contribution >= 0.6 is 0 Å². The van der Waals surface area contributed by atoms with Crippen LogP contribution in [0.25, 0.3) is 5.65 Å². The van der Waals surface area contributed by atoms with Crippen molar-refractivity contribution in [3.05, 3.63) is 59.9 Å². The van der Waals surface area contributed by atoms with Crippen LogP contribution in [0.4, 0.5) is 11.5 Å². The molecule has 2 heterocycles. The van der Waals surface area contributed by atoms with Gasteiger partial charge in [0.05, 0.1) is 6.61 Å². The van der Waals surface area contributed by atoms with Crippen molar-refractivity contribution in [3.63, 3.8) is 0 Å². The Hall–Kier alpha value is -3.68. The SMILES string of the molecule is CCOC(=O)c1nc2ccccn2c1NC(=O)c1cccc(NC(C)=O)c1. The summed E-state index contributed by atoms with van der Waals surface area (Å²) >= 11 is 0. The fourth-order valence-corrected chi connectivity index (χ4v) is 2.58. The van der Waals surface area contributed by atoms with Crippen LogP contribution in [-0.2, 0) is 9.53 Å². The van der Waals surface area contributed by atoms with E-state index in [0.29, 0.717) is 16.9 Å². The van der Waals surface area contributed by atoms with Crippen LogP contribution in [0.15, 0.2) is 48.7 Å². The summed E-state index contributed by atoms with van der Waals surface area (Å²) in [4.78, 5) is 40.4. The van der Waals surface area contributed by atoms with Gasteiger partial charge in [-0.2, -0.15) is 0 Å². The van der Waals surface area contributed by atoms with Gasteiger partial charge in [0, 0.05) is 24.4 Å². The number of fused-ring (bicyclic) bond motifs is 1. The Bertz CT molecular complexity index is 1030. The highest BCUT2D eigenvalue weighted by Crippen LogP contribution is 2.21. The molecule has 2 N–H and O–H groups in total. The van der Waals surface area contributed by atoms with Crippen molar-refractivity contribution >= 4 is 34.9 Å². The van der Waals surface area contributed by atoms with E-state index in [4.69, 9.17) is 4.74 Å². The second kappa shape index (κ2) is 7.69. The van der Waals surface area contributed by atoms with Gasteiger partial charge in [-0.1, -0.05) is 12.1 Å². The number of carbonyl (C=O) groups excluding carboxylic acids is 3. The van der Waals surface area contributed by atoms with Crippen LogP contribution in [-0.4, -0.2) is 33.8 Å². The van der Waals surface area contributed by atoms with Gasteiger partial charge in [0.2, 0.25) is 5.91 Å². The van der Waals surface area contributed by atoms with E-state index in [2.05, 4.69) is 15.6 Å². The summed E-state index contributed by atoms with van der Waals surface area (Å²) < 4.78 is 6.63. The summed E-state index contributed by atoms with van der Waals surface area (Å²) in [6, 6.07) is 11.7. The van der Waals surface area contributed by atoms with E-state index in [1.807, 2.05) is 0 Å². The standard InChI is InChI=1S/C19H18N4O4/c1-3-27-19(26)16-17(23-10-5-4-9-15(23)21-16)22-18(25)13-7-6-8-14(11-13)20-12(2)24/h4-11H,3H2,1-2H3,(H,20,24)(H,22,25). The van der Waals surface area contributed by atoms with E-state index in [1.165, 1.54) is 6.92 Å². The molecule has 2 amide bonds. The van der Waals surface area contributed by atoms with Crippen molar-refractivity contribution in [2.45, 2.75) is 13.8 Å². The zero-order chi connectivity index (χ0) is 19.4. The molecule has 0 bridgehead atoms. The molecule has 0 aliphatic heterocycles. The summed E-state index contributed by atoms with van der Waals surface area (Å²) in [5.74, 6) is -1.08. The fourth-order valence-electron chi connectivity index (χ4n) is 2.58. The number of pyridine rings is 1. The number of rotatable bonds is 5. The topological polar surface area (TPSA) is 102 Å². The number of nitrogens with one attached hydrogen (secondary N) is 2. The van der Waals surface area contributed by atoms with Crippen molar-refractivity contribution < 1.29 is 19.1 Å². The van der Waals surface area contributed by atoms with Gasteiger partial charge in [-0.3, -0.25) is 14.0 Å². The number of anilines is 2. The molecule has 0 spiro atoms. The average Bonchev–Trinajstić information content (AvgIpc) is 3.00. The Labute approximate surface area is 155 Å². The van der Waals surface area contributed by atoms with Crippen LogP contribution in [0.1, 0.15) is 34.7 Å². The van der Waals surface area contributed by atoms with Gasteiger partial charge in [0.15, 0.2) is 11.5 Å². The number of esters is 1. The van der Waals surface area contributed by atoms with Gasteiger partial charge in [0.1, 0.15) is 5.65 Å². The summed E-state index contributed by atoms with van der Waals surface area (Å²) in [6.07, 6.45) is 1.69. The minimum absolute atomic E-state index is 0.0226. The maximum atomic E-state index is 12.7. The Kier molecular flexibility index (Phi) is 5.16. The van der Waals surface area contributed by atoms with E-state index in [-0.39, 0.29) is 24.0 Å². The number of hydrogen-bond donors (Lipinski definition) is 2. The van der Waals surface area contributed by atoms with E-state index in [1.54, 1.807) is 60.0 Å². The zero-order valence-electron chi connectivity index (χ0n) is 14.9. The zero-order valence-corrected chi connectivity index (χ0v) is 14.9. The second-order valence-electron chi connectivity index (χ2n) is 5.67. The third-order valence-electron chi connectivity index (χ3n) is 3.68. The Morgan fingerprint density at radius 2 is 1.93 bits per heavy atom. The normalized spacial score (nSPS) is 10.4. The number of nitrogens with zero attached hydrogens (tertiary/aromatic N) is 2. The fraction of sp³-hybridized carbons (Fsp3) is 0.158. The van der Waals surface area contributed by atoms with Crippen LogP contribution in [0.3, 0.4) is 0 Å². The van der Waals surface area contributed by atoms with E-state index in [9.17, 15) is 14.4 Å². The predicted molar refractivity (Wildman–Crippen MR) is 99.8 cm³/mol. The second-order valence-corrected chi connectivity index (χ2v) is 5.67. The van der Waals surface area contributed by atoms with Gasteiger partial charge in [-0.25, -0.2) is 9.78 Å². The van der Waals surface area contributed by atoms with Gasteiger partial charge in [0.25, 0.3) is 5.91 Å². The molecule has 0 saturated carbocycles. The van der Waals surface area contributed by atoms with Gasteiger partial charge in [-0.05, 0) is 37.3 Å². The minimum Gasteiger partial charge on any atom is -0.461 e. The van der Waals surface area contributed by atoms with Crippen LogP contribution < -0.4 is 10.6 Å². The lowest BCUT2D eigenvalue weighted by atomic mass is 10.2. The van der Waals surface area contributed by atoms with Gasteiger partial charge >= 0.3 is 5.97 Å². The molecule has 0 unspecified atom stereocenters. The number of aromatic nitrogens is 2. The third kappa shape index (κ3) is 3.95. The number of benzene rings is 1. The molecule has 3 aromatic rings. The lowest BCUT2D eigenvalue weighted by Crippen LogP contribution is -2.17. The van der Waals surface area contributed by atoms with Crippen molar-refractivity contribution in [2.75, 3.05) is 17.2 Å². The number of amides is 2. The molecule has 0 fully saturated rings. The van der Waals surface area contributed by atoms with E-state index < -0.39 is 11.9 Å². The molecule has 2 aromatic heterocycles. The number of ether oxygens (including phenoxy) is 1. The van der Waals surface area contributed by atoms with Crippen molar-refractivity contribution in [2.24, 2.45) is 0 Å². The molecule has 0 atom stereocenters. The number of carbonyl (C=O) groups is 3. The van der Waals surface area contributed by atoms with Crippen molar-refractivity contribution in [1.29, 1.82) is 0 Å². The molecule has 3 rings (SSSR count). The lowest BCUT2D eigenvalue weighted by molar-refractivity contribution is -0.114. The minimum atomic E-state index is -0.622. The maximum Gasteiger partial charge on any atom is 0.360 e. The summed E-state index contributed by atoms with van der Waals surface area (Å²) in [5.41, 5.74) is 1.35. The molecule has 27 heavy (non-hydrogen) atoms. The highest BCUT2D eigenvalue weighted by Gasteiger charge is 2.22. The number of hydrogen-bond acceptors (Lipinski definition) is 5. The largest absolute Gasteiger partial charge is 0.461 e. The molecule has 0 aliphatic rings. The lowest BCUT2D eigenvalue weighted by Gasteiger charge is -2.09. The molecular formula is C19H18N4O4. The first-order chi connectivity index (χ1) is 13.0. The highest BCUT2D eigenvalue weighted by atomic mass is 16.5. The molecule has 8 nitrogen and oxygen atoms in total. The first kappa shape index (κ1) is 18.1. The summed E-state index contributed by atoms with van der Waals surface area (Å²) in [7, 11) is 0. The monoisotopic (exact) mass is 366 g/mol. The van der Waals surface area contributed by atoms with Crippen molar-refractivity contribution in [1.82, 2.24) is 9.38 Å². The summed E-state index contributed by atoms with van der Waals surface area (Å²) in [5, 5.41) is 5.34. The van der Waals surface area contributed by atoms with E-state index >= 15 is 0 Å². The highest BCUT2D eigenvalue weighted by molar-refractivity contribution is 6.08. The van der Waals surface area contributed by atoms with Crippen LogP contribution in [0, 0.1) is 0 Å². The molecule has 0 radical (unpaired) electrons. The molecule has 0 saturated heterocycles. The van der Waals surface area contributed by atoms with Gasteiger partial charge < -0.3 is 15.4 Å². The van der Waals surface area contributed by atoms with Crippen LogP contribution in [0.5, 0.6) is 0 Å².